The van der Waals surface area contributed by atoms with E-state index in [2.05, 4.69) is 27.2 Å². The third-order valence-corrected chi connectivity index (χ3v) is 4.86. The highest BCUT2D eigenvalue weighted by Crippen LogP contribution is 2.19. The number of hydrogen-bond acceptors (Lipinski definition) is 5. The average Bonchev–Trinajstić information content (AvgIpc) is 3.22. The molecule has 1 saturated heterocycles. The Morgan fingerprint density at radius 2 is 1.68 bits per heavy atom. The van der Waals surface area contributed by atoms with Crippen molar-refractivity contribution in [3.05, 3.63) is 66.3 Å². The molecule has 144 valence electrons. The third-order valence-electron chi connectivity index (χ3n) is 4.86. The van der Waals surface area contributed by atoms with Crippen molar-refractivity contribution in [2.45, 2.75) is 12.8 Å². The van der Waals surface area contributed by atoms with Crippen LogP contribution in [0.25, 0.3) is 11.5 Å². The molecule has 0 radical (unpaired) electrons. The Hall–Kier alpha value is -3.22. The van der Waals surface area contributed by atoms with Crippen LogP contribution in [0.4, 0.5) is 10.1 Å². The zero-order valence-corrected chi connectivity index (χ0v) is 15.4. The van der Waals surface area contributed by atoms with Crippen LogP contribution >= 0.6 is 0 Å². The summed E-state index contributed by atoms with van der Waals surface area (Å²) in [5.41, 5.74) is 1.84. The Morgan fingerprint density at radius 1 is 0.964 bits per heavy atom. The SMILES string of the molecule is O=C(CCc1nnc(-c2ccc(F)cc2)o1)N1CCN(c2ccccc2)CC1. The van der Waals surface area contributed by atoms with Gasteiger partial charge in [0.15, 0.2) is 0 Å². The van der Waals surface area contributed by atoms with Gasteiger partial charge in [-0.3, -0.25) is 4.79 Å². The number of hydrogen-bond donors (Lipinski definition) is 0. The van der Waals surface area contributed by atoms with Crippen molar-refractivity contribution in [1.82, 2.24) is 15.1 Å². The summed E-state index contributed by atoms with van der Waals surface area (Å²) >= 11 is 0. The molecule has 0 atom stereocenters. The molecule has 0 bridgehead atoms. The van der Waals surface area contributed by atoms with Gasteiger partial charge in [0.2, 0.25) is 17.7 Å². The van der Waals surface area contributed by atoms with E-state index in [0.717, 1.165) is 13.1 Å². The lowest BCUT2D eigenvalue weighted by Crippen LogP contribution is -2.48. The second kappa shape index (κ2) is 8.21. The number of piperazine rings is 1. The molecule has 6 nitrogen and oxygen atoms in total. The average molecular weight is 380 g/mol. The molecule has 4 rings (SSSR count). The van der Waals surface area contributed by atoms with Gasteiger partial charge in [-0.05, 0) is 36.4 Å². The van der Waals surface area contributed by atoms with E-state index in [-0.39, 0.29) is 11.7 Å². The lowest BCUT2D eigenvalue weighted by molar-refractivity contribution is -0.131. The van der Waals surface area contributed by atoms with E-state index in [1.165, 1.54) is 17.8 Å². The summed E-state index contributed by atoms with van der Waals surface area (Å²) in [4.78, 5) is 16.7. The molecule has 7 heteroatoms. The molecule has 0 N–H and O–H groups in total. The van der Waals surface area contributed by atoms with Crippen LogP contribution in [-0.2, 0) is 11.2 Å². The van der Waals surface area contributed by atoms with Gasteiger partial charge in [-0.25, -0.2) is 4.39 Å². The highest BCUT2D eigenvalue weighted by molar-refractivity contribution is 5.76. The Kier molecular flexibility index (Phi) is 5.32. The van der Waals surface area contributed by atoms with E-state index in [1.54, 1.807) is 12.1 Å². The van der Waals surface area contributed by atoms with Gasteiger partial charge in [-0.15, -0.1) is 10.2 Å². The van der Waals surface area contributed by atoms with Gasteiger partial charge < -0.3 is 14.2 Å². The summed E-state index contributed by atoms with van der Waals surface area (Å²) in [6.45, 7) is 3.06. The molecule has 3 aromatic rings. The minimum absolute atomic E-state index is 0.0919. The largest absolute Gasteiger partial charge is 0.421 e. The second-order valence-corrected chi connectivity index (χ2v) is 6.71. The van der Waals surface area contributed by atoms with Gasteiger partial charge in [0.25, 0.3) is 0 Å². The Morgan fingerprint density at radius 3 is 2.39 bits per heavy atom. The number of aromatic nitrogens is 2. The molecule has 28 heavy (non-hydrogen) atoms. The first-order chi connectivity index (χ1) is 13.7. The molecule has 1 aliphatic rings. The molecule has 2 aromatic carbocycles. The van der Waals surface area contributed by atoms with Crippen LogP contribution < -0.4 is 4.90 Å². The number of aryl methyl sites for hydroxylation is 1. The maximum atomic E-state index is 13.0. The predicted molar refractivity (Wildman–Crippen MR) is 103 cm³/mol. The van der Waals surface area contributed by atoms with Crippen molar-refractivity contribution < 1.29 is 13.6 Å². The number of para-hydroxylation sites is 1. The standard InChI is InChI=1S/C21H21FN4O2/c22-17-8-6-16(7-9-17)21-24-23-19(28-21)10-11-20(27)26-14-12-25(13-15-26)18-4-2-1-3-5-18/h1-9H,10-15H2. The Bertz CT molecular complexity index is 919. The number of rotatable bonds is 5. The van der Waals surface area contributed by atoms with E-state index in [1.807, 2.05) is 23.1 Å². The fourth-order valence-electron chi connectivity index (χ4n) is 3.29. The first-order valence-corrected chi connectivity index (χ1v) is 9.35. The zero-order valence-electron chi connectivity index (χ0n) is 15.4. The topological polar surface area (TPSA) is 62.5 Å². The molecule has 0 aliphatic carbocycles. The number of nitrogens with zero attached hydrogens (tertiary/aromatic N) is 4. The van der Waals surface area contributed by atoms with Crippen LogP contribution in [0.1, 0.15) is 12.3 Å². The molecule has 2 heterocycles. The maximum Gasteiger partial charge on any atom is 0.247 e. The lowest BCUT2D eigenvalue weighted by atomic mass is 10.2. The number of benzene rings is 2. The number of carbonyl (C=O) groups excluding carboxylic acids is 1. The minimum atomic E-state index is -0.318. The second-order valence-electron chi connectivity index (χ2n) is 6.71. The van der Waals surface area contributed by atoms with Gasteiger partial charge >= 0.3 is 0 Å². The fraction of sp³-hybridized carbons (Fsp3) is 0.286. The number of anilines is 1. The van der Waals surface area contributed by atoms with Crippen LogP contribution in [-0.4, -0.2) is 47.2 Å². The zero-order chi connectivity index (χ0) is 19.3. The van der Waals surface area contributed by atoms with Crippen molar-refractivity contribution in [2.75, 3.05) is 31.1 Å². The van der Waals surface area contributed by atoms with Gasteiger partial charge in [0.05, 0.1) is 0 Å². The minimum Gasteiger partial charge on any atom is -0.421 e. The number of amides is 1. The van der Waals surface area contributed by atoms with Crippen LogP contribution in [0.3, 0.4) is 0 Å². The predicted octanol–water partition coefficient (Wildman–Crippen LogP) is 3.16. The number of carbonyl (C=O) groups is 1. The number of halogens is 1. The maximum absolute atomic E-state index is 13.0. The molecule has 1 aromatic heterocycles. The highest BCUT2D eigenvalue weighted by Gasteiger charge is 2.21. The fourth-order valence-corrected chi connectivity index (χ4v) is 3.29. The molecule has 0 spiro atoms. The molecule has 1 aliphatic heterocycles. The summed E-state index contributed by atoms with van der Waals surface area (Å²) in [7, 11) is 0. The highest BCUT2D eigenvalue weighted by atomic mass is 19.1. The van der Waals surface area contributed by atoms with E-state index >= 15 is 0 Å². The molecule has 1 fully saturated rings. The first-order valence-electron chi connectivity index (χ1n) is 9.35. The van der Waals surface area contributed by atoms with Crippen LogP contribution in [0, 0.1) is 5.82 Å². The monoisotopic (exact) mass is 380 g/mol. The van der Waals surface area contributed by atoms with E-state index in [0.29, 0.717) is 43.3 Å². The third kappa shape index (κ3) is 4.19. The van der Waals surface area contributed by atoms with Crippen LogP contribution in [0.15, 0.2) is 59.0 Å². The van der Waals surface area contributed by atoms with Crippen LogP contribution in [0.2, 0.25) is 0 Å². The summed E-state index contributed by atoms with van der Waals surface area (Å²) < 4.78 is 18.6. The van der Waals surface area contributed by atoms with Crippen molar-refractivity contribution in [3.63, 3.8) is 0 Å². The van der Waals surface area contributed by atoms with Crippen molar-refractivity contribution in [3.8, 4) is 11.5 Å². The Balaban J connectivity index is 1.28. The quantitative estimate of drug-likeness (QED) is 0.680. The summed E-state index contributed by atoms with van der Waals surface area (Å²) in [6.07, 6.45) is 0.725. The molecular formula is C21H21FN4O2. The van der Waals surface area contributed by atoms with Crippen molar-refractivity contribution in [2.24, 2.45) is 0 Å². The van der Waals surface area contributed by atoms with E-state index in [4.69, 9.17) is 4.42 Å². The van der Waals surface area contributed by atoms with Crippen molar-refractivity contribution in [1.29, 1.82) is 0 Å². The smallest absolute Gasteiger partial charge is 0.247 e. The van der Waals surface area contributed by atoms with Crippen LogP contribution in [0.5, 0.6) is 0 Å². The van der Waals surface area contributed by atoms with Crippen molar-refractivity contribution >= 4 is 11.6 Å². The van der Waals surface area contributed by atoms with Gasteiger partial charge in [-0.1, -0.05) is 18.2 Å². The molecule has 1 amide bonds. The summed E-state index contributed by atoms with van der Waals surface area (Å²) in [6, 6.07) is 16.1. The van der Waals surface area contributed by atoms with Gasteiger partial charge in [0.1, 0.15) is 5.82 Å². The van der Waals surface area contributed by atoms with E-state index < -0.39 is 0 Å². The summed E-state index contributed by atoms with van der Waals surface area (Å²) in [5, 5.41) is 7.97. The first kappa shape index (κ1) is 18.2. The van der Waals surface area contributed by atoms with E-state index in [9.17, 15) is 9.18 Å². The van der Waals surface area contributed by atoms with Gasteiger partial charge in [-0.2, -0.15) is 0 Å². The normalized spacial score (nSPS) is 14.3. The molecule has 0 unspecified atom stereocenters. The van der Waals surface area contributed by atoms with Gasteiger partial charge in [0, 0.05) is 50.3 Å². The molecular weight excluding hydrogens is 359 g/mol. The summed E-state index contributed by atoms with van der Waals surface area (Å²) in [5.74, 6) is 0.519. The molecule has 0 saturated carbocycles. The Labute approximate surface area is 162 Å². The lowest BCUT2D eigenvalue weighted by Gasteiger charge is -2.36.